The van der Waals surface area contributed by atoms with Crippen LogP contribution in [0, 0.1) is 0 Å². The van der Waals surface area contributed by atoms with Crippen LogP contribution in [0.15, 0.2) is 52.8 Å². The van der Waals surface area contributed by atoms with Gasteiger partial charge in [-0.05, 0) is 17.0 Å². The third kappa shape index (κ3) is 6.60. The number of thiophene rings is 1. The summed E-state index contributed by atoms with van der Waals surface area (Å²) < 4.78 is 11.2. The molecule has 0 radical (unpaired) electrons. The molecule has 2 aromatic rings. The van der Waals surface area contributed by atoms with Crippen LogP contribution < -0.4 is 10.6 Å². The molecule has 3 rings (SSSR count). The van der Waals surface area contributed by atoms with Gasteiger partial charge in [0.2, 0.25) is 0 Å². The molecule has 1 atom stereocenters. The standard InChI is InChI=1S/C21H30N4O2S/c1-22-21(23-9-12-27-17-18-6-3-2-4-7-18)24-16-19(20-8-5-15-28-20)25-10-13-26-14-11-25/h2-8,15,19H,9-14,16-17H2,1H3,(H2,22,23,24). The molecule has 7 heteroatoms. The van der Waals surface area contributed by atoms with Crippen LogP contribution in [0.2, 0.25) is 0 Å². The lowest BCUT2D eigenvalue weighted by molar-refractivity contribution is 0.0177. The zero-order valence-corrected chi connectivity index (χ0v) is 17.3. The number of ether oxygens (including phenoxy) is 2. The van der Waals surface area contributed by atoms with E-state index in [0.717, 1.165) is 38.8 Å². The molecule has 0 saturated carbocycles. The number of aliphatic imine (C=N–C) groups is 1. The van der Waals surface area contributed by atoms with Gasteiger partial charge in [-0.15, -0.1) is 11.3 Å². The molecule has 1 aromatic carbocycles. The van der Waals surface area contributed by atoms with Crippen LogP contribution >= 0.6 is 11.3 Å². The normalized spacial score (nSPS) is 16.7. The van der Waals surface area contributed by atoms with Crippen molar-refractivity contribution in [1.29, 1.82) is 0 Å². The predicted octanol–water partition coefficient (Wildman–Crippen LogP) is 2.50. The fourth-order valence-corrected chi connectivity index (χ4v) is 4.06. The van der Waals surface area contributed by atoms with Gasteiger partial charge in [0.1, 0.15) is 0 Å². The van der Waals surface area contributed by atoms with Crippen molar-refractivity contribution in [3.8, 4) is 0 Å². The Labute approximate surface area is 171 Å². The van der Waals surface area contributed by atoms with Crippen LogP contribution in [0.1, 0.15) is 16.5 Å². The smallest absolute Gasteiger partial charge is 0.191 e. The summed E-state index contributed by atoms with van der Waals surface area (Å²) in [6.07, 6.45) is 0. The molecule has 0 amide bonds. The molecule has 28 heavy (non-hydrogen) atoms. The molecule has 0 spiro atoms. The average Bonchev–Trinajstić information content (AvgIpc) is 3.28. The van der Waals surface area contributed by atoms with Gasteiger partial charge in [-0.3, -0.25) is 9.89 Å². The number of morpholine rings is 1. The van der Waals surface area contributed by atoms with Gasteiger partial charge in [-0.25, -0.2) is 0 Å². The third-order valence-corrected chi connectivity index (χ3v) is 5.67. The minimum atomic E-state index is 0.330. The van der Waals surface area contributed by atoms with Gasteiger partial charge in [-0.1, -0.05) is 36.4 Å². The fourth-order valence-electron chi connectivity index (χ4n) is 3.20. The van der Waals surface area contributed by atoms with E-state index in [-0.39, 0.29) is 0 Å². The summed E-state index contributed by atoms with van der Waals surface area (Å²) in [7, 11) is 1.80. The highest BCUT2D eigenvalue weighted by Gasteiger charge is 2.23. The van der Waals surface area contributed by atoms with Crippen molar-refractivity contribution >= 4 is 17.3 Å². The van der Waals surface area contributed by atoms with E-state index < -0.39 is 0 Å². The molecule has 1 aliphatic rings. The Morgan fingerprint density at radius 1 is 1.18 bits per heavy atom. The lowest BCUT2D eigenvalue weighted by atomic mass is 10.2. The molecule has 6 nitrogen and oxygen atoms in total. The van der Waals surface area contributed by atoms with Crippen molar-refractivity contribution < 1.29 is 9.47 Å². The third-order valence-electron chi connectivity index (χ3n) is 4.69. The number of nitrogens with one attached hydrogen (secondary N) is 2. The van der Waals surface area contributed by atoms with Crippen LogP contribution in [-0.2, 0) is 16.1 Å². The first kappa shape index (κ1) is 20.8. The zero-order valence-electron chi connectivity index (χ0n) is 16.5. The monoisotopic (exact) mass is 402 g/mol. The molecule has 1 unspecified atom stereocenters. The minimum Gasteiger partial charge on any atom is -0.379 e. The maximum atomic E-state index is 5.73. The molecule has 2 N–H and O–H groups in total. The van der Waals surface area contributed by atoms with Gasteiger partial charge in [0.25, 0.3) is 0 Å². The van der Waals surface area contributed by atoms with Gasteiger partial charge in [-0.2, -0.15) is 0 Å². The summed E-state index contributed by atoms with van der Waals surface area (Å²) in [4.78, 5) is 8.20. The first-order valence-electron chi connectivity index (χ1n) is 9.78. The second-order valence-electron chi connectivity index (χ2n) is 6.60. The Bertz CT molecular complexity index is 688. The summed E-state index contributed by atoms with van der Waals surface area (Å²) in [5, 5.41) is 8.94. The fraction of sp³-hybridized carbons (Fsp3) is 0.476. The molecule has 152 valence electrons. The average molecular weight is 403 g/mol. The molecule has 0 aliphatic carbocycles. The van der Waals surface area contributed by atoms with Crippen LogP contribution in [0.3, 0.4) is 0 Å². The largest absolute Gasteiger partial charge is 0.379 e. The summed E-state index contributed by atoms with van der Waals surface area (Å²) >= 11 is 1.80. The lowest BCUT2D eigenvalue weighted by Gasteiger charge is -2.34. The summed E-state index contributed by atoms with van der Waals surface area (Å²) in [5.74, 6) is 0.804. The van der Waals surface area contributed by atoms with E-state index in [1.165, 1.54) is 10.4 Å². The second-order valence-corrected chi connectivity index (χ2v) is 7.58. The van der Waals surface area contributed by atoms with Gasteiger partial charge in [0, 0.05) is 38.1 Å². The quantitative estimate of drug-likeness (QED) is 0.383. The Morgan fingerprint density at radius 3 is 2.71 bits per heavy atom. The van der Waals surface area contributed by atoms with Crippen molar-refractivity contribution in [2.75, 3.05) is 53.0 Å². The molecule has 1 saturated heterocycles. The molecule has 1 aromatic heterocycles. The number of rotatable bonds is 9. The first-order chi connectivity index (χ1) is 13.9. The van der Waals surface area contributed by atoms with E-state index in [2.05, 4.69) is 50.2 Å². The second kappa shape index (κ2) is 11.8. The van der Waals surface area contributed by atoms with E-state index in [4.69, 9.17) is 9.47 Å². The first-order valence-corrected chi connectivity index (χ1v) is 10.7. The van der Waals surface area contributed by atoms with Crippen LogP contribution in [0.5, 0.6) is 0 Å². The Hall–Kier alpha value is -1.93. The van der Waals surface area contributed by atoms with Gasteiger partial charge in [0.05, 0.1) is 32.5 Å². The van der Waals surface area contributed by atoms with Crippen molar-refractivity contribution in [1.82, 2.24) is 15.5 Å². The van der Waals surface area contributed by atoms with Crippen molar-refractivity contribution in [2.45, 2.75) is 12.6 Å². The zero-order chi connectivity index (χ0) is 19.4. The van der Waals surface area contributed by atoms with Gasteiger partial charge < -0.3 is 20.1 Å². The van der Waals surface area contributed by atoms with E-state index >= 15 is 0 Å². The Balaban J connectivity index is 1.41. The molecular formula is C21H30N4O2S. The number of guanidine groups is 1. The highest BCUT2D eigenvalue weighted by Crippen LogP contribution is 2.25. The highest BCUT2D eigenvalue weighted by atomic mass is 32.1. The van der Waals surface area contributed by atoms with Crippen LogP contribution in [-0.4, -0.2) is 63.9 Å². The van der Waals surface area contributed by atoms with Crippen molar-refractivity contribution in [2.24, 2.45) is 4.99 Å². The van der Waals surface area contributed by atoms with E-state index in [1.54, 1.807) is 18.4 Å². The molecule has 0 bridgehead atoms. The number of benzene rings is 1. The highest BCUT2D eigenvalue weighted by molar-refractivity contribution is 7.10. The number of nitrogens with zero attached hydrogens (tertiary/aromatic N) is 2. The van der Waals surface area contributed by atoms with Gasteiger partial charge in [0.15, 0.2) is 5.96 Å². The van der Waals surface area contributed by atoms with Crippen molar-refractivity contribution in [3.63, 3.8) is 0 Å². The summed E-state index contributed by atoms with van der Waals surface area (Å²) in [5.41, 5.74) is 1.19. The summed E-state index contributed by atoms with van der Waals surface area (Å²) in [6, 6.07) is 14.9. The topological polar surface area (TPSA) is 58.1 Å². The maximum absolute atomic E-state index is 5.73. The molecule has 1 fully saturated rings. The van der Waals surface area contributed by atoms with E-state index in [0.29, 0.717) is 25.8 Å². The molecule has 2 heterocycles. The predicted molar refractivity (Wildman–Crippen MR) is 115 cm³/mol. The molecular weight excluding hydrogens is 372 g/mol. The van der Waals surface area contributed by atoms with Crippen LogP contribution in [0.4, 0.5) is 0 Å². The SMILES string of the molecule is CN=C(NCCOCc1ccccc1)NCC(c1cccs1)N1CCOCC1. The lowest BCUT2D eigenvalue weighted by Crippen LogP contribution is -2.46. The van der Waals surface area contributed by atoms with Crippen molar-refractivity contribution in [3.05, 3.63) is 58.3 Å². The molecule has 1 aliphatic heterocycles. The Morgan fingerprint density at radius 2 is 2.00 bits per heavy atom. The number of hydrogen-bond acceptors (Lipinski definition) is 5. The van der Waals surface area contributed by atoms with E-state index in [1.807, 2.05) is 18.2 Å². The number of hydrogen-bond donors (Lipinski definition) is 2. The summed E-state index contributed by atoms with van der Waals surface area (Å²) in [6.45, 7) is 6.31. The Kier molecular flexibility index (Phi) is 8.77. The maximum Gasteiger partial charge on any atom is 0.191 e. The van der Waals surface area contributed by atoms with Crippen LogP contribution in [0.25, 0.3) is 0 Å². The van der Waals surface area contributed by atoms with Gasteiger partial charge >= 0.3 is 0 Å². The van der Waals surface area contributed by atoms with E-state index in [9.17, 15) is 0 Å². The minimum absolute atomic E-state index is 0.330.